The molecule has 0 bridgehead atoms. The summed E-state index contributed by atoms with van der Waals surface area (Å²) in [6.07, 6.45) is 1.04. The smallest absolute Gasteiger partial charge is 0.222 e. The zero-order valence-corrected chi connectivity index (χ0v) is 9.81. The van der Waals surface area contributed by atoms with Crippen LogP contribution in [0.5, 0.6) is 0 Å². The Balaban J connectivity index is 2.69. The molecule has 0 fully saturated rings. The molecule has 16 heavy (non-hydrogen) atoms. The van der Waals surface area contributed by atoms with Gasteiger partial charge in [-0.1, -0.05) is 11.8 Å². The lowest BCUT2D eigenvalue weighted by molar-refractivity contribution is -0.114. The third-order valence-corrected chi connectivity index (χ3v) is 2.36. The zero-order valence-electron chi connectivity index (χ0n) is 8.99. The average molecular weight is 245 g/mol. The first kappa shape index (κ1) is 12.9. The monoisotopic (exact) mass is 245 g/mol. The van der Waals surface area contributed by atoms with Gasteiger partial charge in [-0.15, -0.1) is 0 Å². The van der Waals surface area contributed by atoms with Crippen molar-refractivity contribution in [3.63, 3.8) is 0 Å². The number of rotatable bonds is 5. The Labute approximate surface area is 96.8 Å². The van der Waals surface area contributed by atoms with Crippen LogP contribution in [-0.2, 0) is 9.53 Å². The van der Waals surface area contributed by atoms with E-state index in [1.807, 2.05) is 0 Å². The molecular formula is C9H12FN3O2S. The fourth-order valence-electron chi connectivity index (χ4n) is 0.891. The Bertz CT molecular complexity index is 376. The van der Waals surface area contributed by atoms with Gasteiger partial charge in [-0.05, 0) is 0 Å². The number of nitrogens with one attached hydrogen (secondary N) is 1. The van der Waals surface area contributed by atoms with Crippen LogP contribution < -0.4 is 5.32 Å². The number of halogens is 1. The average Bonchev–Trinajstić information content (AvgIpc) is 2.22. The van der Waals surface area contributed by atoms with E-state index in [0.29, 0.717) is 17.5 Å². The molecule has 0 saturated heterocycles. The number of methoxy groups -OCH3 is 1. The number of hydrogen-bond acceptors (Lipinski definition) is 5. The van der Waals surface area contributed by atoms with Crippen molar-refractivity contribution in [1.29, 1.82) is 0 Å². The van der Waals surface area contributed by atoms with Gasteiger partial charge in [0.2, 0.25) is 5.91 Å². The molecule has 88 valence electrons. The topological polar surface area (TPSA) is 64.1 Å². The van der Waals surface area contributed by atoms with Gasteiger partial charge < -0.3 is 10.1 Å². The number of aromatic nitrogens is 2. The zero-order chi connectivity index (χ0) is 12.0. The molecule has 0 atom stereocenters. The van der Waals surface area contributed by atoms with Crippen molar-refractivity contribution < 1.29 is 13.9 Å². The summed E-state index contributed by atoms with van der Waals surface area (Å²) in [5.41, 5.74) is 0. The number of amides is 1. The Hall–Kier alpha value is -1.21. The highest BCUT2D eigenvalue weighted by Gasteiger charge is 2.08. The largest absolute Gasteiger partial charge is 0.384 e. The van der Waals surface area contributed by atoms with E-state index >= 15 is 0 Å². The summed E-state index contributed by atoms with van der Waals surface area (Å²) in [7, 11) is 1.59. The molecule has 0 aromatic carbocycles. The summed E-state index contributed by atoms with van der Waals surface area (Å²) in [6.45, 7) is 1.85. The van der Waals surface area contributed by atoms with Crippen LogP contribution in [0.15, 0.2) is 11.4 Å². The number of carbonyl (C=O) groups excluding carboxylic acids is 1. The lowest BCUT2D eigenvalue weighted by atomic mass is 10.5. The second kappa shape index (κ2) is 6.39. The van der Waals surface area contributed by atoms with Gasteiger partial charge in [0.25, 0.3) is 0 Å². The molecule has 0 aliphatic heterocycles. The summed E-state index contributed by atoms with van der Waals surface area (Å²) >= 11 is 1.33. The van der Waals surface area contributed by atoms with Crippen molar-refractivity contribution in [3.8, 4) is 0 Å². The Morgan fingerprint density at radius 2 is 2.44 bits per heavy atom. The van der Waals surface area contributed by atoms with E-state index in [-0.39, 0.29) is 11.7 Å². The van der Waals surface area contributed by atoms with Crippen molar-refractivity contribution in [2.75, 3.05) is 24.8 Å². The van der Waals surface area contributed by atoms with Gasteiger partial charge in [0.15, 0.2) is 16.8 Å². The molecule has 1 N–H and O–H groups in total. The van der Waals surface area contributed by atoms with Gasteiger partial charge in [-0.25, -0.2) is 14.4 Å². The van der Waals surface area contributed by atoms with E-state index in [2.05, 4.69) is 15.3 Å². The van der Waals surface area contributed by atoms with Gasteiger partial charge in [0, 0.05) is 19.8 Å². The lowest BCUT2D eigenvalue weighted by Gasteiger charge is -2.04. The Morgan fingerprint density at radius 1 is 1.69 bits per heavy atom. The van der Waals surface area contributed by atoms with Crippen molar-refractivity contribution >= 4 is 23.5 Å². The summed E-state index contributed by atoms with van der Waals surface area (Å²) < 4.78 is 18.0. The SMILES string of the molecule is COCCSc1ncc(F)c(NC(C)=O)n1. The number of ether oxygens (including phenoxy) is 1. The predicted octanol–water partition coefficient (Wildman–Crippen LogP) is 1.31. The van der Waals surface area contributed by atoms with Crippen LogP contribution in [0.2, 0.25) is 0 Å². The number of carbonyl (C=O) groups is 1. The lowest BCUT2D eigenvalue weighted by Crippen LogP contribution is -2.10. The molecule has 0 unspecified atom stereocenters. The van der Waals surface area contributed by atoms with E-state index in [1.165, 1.54) is 18.7 Å². The Morgan fingerprint density at radius 3 is 3.06 bits per heavy atom. The molecule has 1 amide bonds. The van der Waals surface area contributed by atoms with Crippen LogP contribution in [0.3, 0.4) is 0 Å². The maximum absolute atomic E-state index is 13.1. The number of anilines is 1. The van der Waals surface area contributed by atoms with Crippen LogP contribution in [-0.4, -0.2) is 35.3 Å². The van der Waals surface area contributed by atoms with Gasteiger partial charge in [0.05, 0.1) is 12.8 Å². The van der Waals surface area contributed by atoms with E-state index in [1.54, 1.807) is 7.11 Å². The summed E-state index contributed by atoms with van der Waals surface area (Å²) in [4.78, 5) is 18.4. The van der Waals surface area contributed by atoms with Crippen LogP contribution in [0.4, 0.5) is 10.2 Å². The second-order valence-electron chi connectivity index (χ2n) is 2.87. The normalized spacial score (nSPS) is 10.2. The van der Waals surface area contributed by atoms with Crippen LogP contribution in [0.1, 0.15) is 6.92 Å². The predicted molar refractivity (Wildman–Crippen MR) is 58.9 cm³/mol. The highest BCUT2D eigenvalue weighted by Crippen LogP contribution is 2.16. The third kappa shape index (κ3) is 4.11. The van der Waals surface area contributed by atoms with Crippen molar-refractivity contribution in [1.82, 2.24) is 9.97 Å². The van der Waals surface area contributed by atoms with Crippen molar-refractivity contribution in [2.24, 2.45) is 0 Å². The highest BCUT2D eigenvalue weighted by molar-refractivity contribution is 7.99. The third-order valence-electron chi connectivity index (χ3n) is 1.54. The van der Waals surface area contributed by atoms with Gasteiger partial charge in [-0.3, -0.25) is 4.79 Å². The molecule has 1 aromatic rings. The van der Waals surface area contributed by atoms with Crippen LogP contribution in [0.25, 0.3) is 0 Å². The molecule has 0 aliphatic carbocycles. The first-order valence-electron chi connectivity index (χ1n) is 4.55. The number of nitrogens with zero attached hydrogens (tertiary/aromatic N) is 2. The molecule has 5 nitrogen and oxygen atoms in total. The van der Waals surface area contributed by atoms with Crippen LogP contribution in [0, 0.1) is 5.82 Å². The summed E-state index contributed by atoms with van der Waals surface area (Å²) in [5.74, 6) is -0.444. The van der Waals surface area contributed by atoms with E-state index in [4.69, 9.17) is 4.74 Å². The summed E-state index contributed by atoms with van der Waals surface area (Å²) in [6, 6.07) is 0. The highest BCUT2D eigenvalue weighted by atomic mass is 32.2. The molecule has 1 aromatic heterocycles. The second-order valence-corrected chi connectivity index (χ2v) is 3.93. The molecule has 0 saturated carbocycles. The quantitative estimate of drug-likeness (QED) is 0.481. The van der Waals surface area contributed by atoms with E-state index in [9.17, 15) is 9.18 Å². The van der Waals surface area contributed by atoms with Crippen LogP contribution >= 0.6 is 11.8 Å². The minimum atomic E-state index is -0.647. The Kier molecular flexibility index (Phi) is 5.13. The van der Waals surface area contributed by atoms with E-state index in [0.717, 1.165) is 6.20 Å². The molecular weight excluding hydrogens is 233 g/mol. The number of thioether (sulfide) groups is 1. The van der Waals surface area contributed by atoms with Crippen molar-refractivity contribution in [2.45, 2.75) is 12.1 Å². The number of hydrogen-bond donors (Lipinski definition) is 1. The van der Waals surface area contributed by atoms with Gasteiger partial charge >= 0.3 is 0 Å². The minimum Gasteiger partial charge on any atom is -0.384 e. The fraction of sp³-hybridized carbons (Fsp3) is 0.444. The maximum Gasteiger partial charge on any atom is 0.222 e. The van der Waals surface area contributed by atoms with Gasteiger partial charge in [0.1, 0.15) is 0 Å². The first-order valence-corrected chi connectivity index (χ1v) is 5.54. The molecule has 1 heterocycles. The molecule has 7 heteroatoms. The fourth-order valence-corrected chi connectivity index (χ4v) is 1.61. The molecule has 0 spiro atoms. The molecule has 0 aliphatic rings. The minimum absolute atomic E-state index is 0.0950. The van der Waals surface area contributed by atoms with Crippen molar-refractivity contribution in [3.05, 3.63) is 12.0 Å². The summed E-state index contributed by atoms with van der Waals surface area (Å²) in [5, 5.41) is 2.70. The standard InChI is InChI=1S/C9H12FN3O2S/c1-6(14)12-8-7(10)5-11-9(13-8)16-4-3-15-2/h5H,3-4H2,1-2H3,(H,11,12,13,14). The first-order chi connectivity index (χ1) is 7.63. The van der Waals surface area contributed by atoms with E-state index < -0.39 is 5.82 Å². The maximum atomic E-state index is 13.1. The van der Waals surface area contributed by atoms with Gasteiger partial charge in [-0.2, -0.15) is 0 Å². The molecule has 1 rings (SSSR count). The molecule has 0 radical (unpaired) electrons.